The highest BCUT2D eigenvalue weighted by atomic mass is 16.5. The molecule has 7 heteroatoms. The van der Waals surface area contributed by atoms with Gasteiger partial charge in [-0.15, -0.1) is 0 Å². The van der Waals surface area contributed by atoms with Crippen LogP contribution in [-0.2, 0) is 9.53 Å². The highest BCUT2D eigenvalue weighted by molar-refractivity contribution is 5.74. The standard InChI is InChI=1S/C11H22N2O5/c1-12(6-4-5-10(15)16)11(17)13(2)7-9(14)8-18-3/h9,14H,4-8H2,1-3H3,(H,15,16). The van der Waals surface area contributed by atoms with Gasteiger partial charge in [0.15, 0.2) is 0 Å². The number of amides is 2. The molecule has 18 heavy (non-hydrogen) atoms. The molecule has 1 atom stereocenters. The molecule has 2 amide bonds. The van der Waals surface area contributed by atoms with Crippen molar-refractivity contribution in [2.24, 2.45) is 0 Å². The number of rotatable bonds is 8. The lowest BCUT2D eigenvalue weighted by Gasteiger charge is -2.26. The molecule has 0 saturated heterocycles. The zero-order chi connectivity index (χ0) is 14.1. The molecule has 0 bridgehead atoms. The van der Waals surface area contributed by atoms with E-state index in [1.54, 1.807) is 14.1 Å². The smallest absolute Gasteiger partial charge is 0.319 e. The largest absolute Gasteiger partial charge is 0.481 e. The Balaban J connectivity index is 3.99. The minimum Gasteiger partial charge on any atom is -0.481 e. The van der Waals surface area contributed by atoms with Crippen molar-refractivity contribution < 1.29 is 24.5 Å². The average Bonchev–Trinajstić information content (AvgIpc) is 2.27. The van der Waals surface area contributed by atoms with Gasteiger partial charge in [0.2, 0.25) is 0 Å². The fourth-order valence-corrected chi connectivity index (χ4v) is 1.49. The van der Waals surface area contributed by atoms with Crippen molar-refractivity contribution in [2.75, 3.05) is 40.9 Å². The molecule has 0 aliphatic heterocycles. The number of likely N-dealkylation sites (N-methyl/N-ethyl adjacent to an activating group) is 1. The van der Waals surface area contributed by atoms with Crippen molar-refractivity contribution in [1.82, 2.24) is 9.80 Å². The molecule has 0 rings (SSSR count). The monoisotopic (exact) mass is 262 g/mol. The molecule has 0 aromatic carbocycles. The van der Waals surface area contributed by atoms with E-state index in [2.05, 4.69) is 0 Å². The summed E-state index contributed by atoms with van der Waals surface area (Å²) in [4.78, 5) is 25.0. The Morgan fingerprint density at radius 2 is 1.89 bits per heavy atom. The molecule has 106 valence electrons. The van der Waals surface area contributed by atoms with Crippen molar-refractivity contribution in [3.63, 3.8) is 0 Å². The molecule has 0 radical (unpaired) electrons. The van der Waals surface area contributed by atoms with Gasteiger partial charge in [0.25, 0.3) is 0 Å². The first kappa shape index (κ1) is 16.7. The summed E-state index contributed by atoms with van der Waals surface area (Å²) in [5, 5.41) is 18.0. The second-order valence-electron chi connectivity index (χ2n) is 4.19. The fraction of sp³-hybridized carbons (Fsp3) is 0.818. The van der Waals surface area contributed by atoms with Gasteiger partial charge in [-0.25, -0.2) is 4.79 Å². The van der Waals surface area contributed by atoms with Gasteiger partial charge in [0, 0.05) is 34.2 Å². The Morgan fingerprint density at radius 3 is 2.39 bits per heavy atom. The highest BCUT2D eigenvalue weighted by Gasteiger charge is 2.17. The number of aliphatic hydroxyl groups is 1. The topological polar surface area (TPSA) is 90.3 Å². The molecule has 0 heterocycles. The van der Waals surface area contributed by atoms with Gasteiger partial charge in [0.1, 0.15) is 0 Å². The first-order chi connectivity index (χ1) is 8.38. The van der Waals surface area contributed by atoms with Gasteiger partial charge in [0.05, 0.1) is 19.3 Å². The Hall–Kier alpha value is -1.34. The summed E-state index contributed by atoms with van der Waals surface area (Å²) in [6.07, 6.45) is -0.281. The third-order valence-corrected chi connectivity index (χ3v) is 2.38. The molecule has 0 aromatic heterocycles. The van der Waals surface area contributed by atoms with E-state index in [-0.39, 0.29) is 25.6 Å². The van der Waals surface area contributed by atoms with Gasteiger partial charge in [-0.3, -0.25) is 4.79 Å². The van der Waals surface area contributed by atoms with Crippen LogP contribution in [0.3, 0.4) is 0 Å². The van der Waals surface area contributed by atoms with Crippen molar-refractivity contribution in [3.8, 4) is 0 Å². The number of nitrogens with zero attached hydrogens (tertiary/aromatic N) is 2. The van der Waals surface area contributed by atoms with Crippen LogP contribution in [0.5, 0.6) is 0 Å². The van der Waals surface area contributed by atoms with Crippen LogP contribution in [0.15, 0.2) is 0 Å². The van der Waals surface area contributed by atoms with Crippen molar-refractivity contribution in [3.05, 3.63) is 0 Å². The van der Waals surface area contributed by atoms with Crippen molar-refractivity contribution >= 4 is 12.0 Å². The number of hydrogen-bond donors (Lipinski definition) is 2. The molecule has 0 saturated carbocycles. The molecular formula is C11H22N2O5. The normalized spacial score (nSPS) is 12.0. The summed E-state index contributed by atoms with van der Waals surface area (Å²) in [6.45, 7) is 0.714. The number of ether oxygens (including phenoxy) is 1. The molecule has 0 aromatic rings. The van der Waals surface area contributed by atoms with E-state index in [1.807, 2.05) is 0 Å². The summed E-state index contributed by atoms with van der Waals surface area (Å²) >= 11 is 0. The van der Waals surface area contributed by atoms with Gasteiger partial charge in [-0.2, -0.15) is 0 Å². The van der Waals surface area contributed by atoms with Gasteiger partial charge < -0.3 is 24.7 Å². The lowest BCUT2D eigenvalue weighted by Crippen LogP contribution is -2.43. The van der Waals surface area contributed by atoms with E-state index >= 15 is 0 Å². The fourth-order valence-electron chi connectivity index (χ4n) is 1.49. The Kier molecular flexibility index (Phi) is 8.06. The molecule has 0 spiro atoms. The average molecular weight is 262 g/mol. The van der Waals surface area contributed by atoms with Crippen LogP contribution in [0.25, 0.3) is 0 Å². The SMILES string of the molecule is COCC(O)CN(C)C(=O)N(C)CCCC(=O)O. The summed E-state index contributed by atoms with van der Waals surface area (Å²) in [5.41, 5.74) is 0. The minimum atomic E-state index is -0.875. The molecule has 0 aliphatic carbocycles. The number of carboxylic acids is 1. The Morgan fingerprint density at radius 1 is 1.28 bits per heavy atom. The summed E-state index contributed by atoms with van der Waals surface area (Å²) in [5.74, 6) is -0.875. The minimum absolute atomic E-state index is 0.0354. The van der Waals surface area contributed by atoms with E-state index in [4.69, 9.17) is 9.84 Å². The Bertz CT molecular complexity index is 272. The number of urea groups is 1. The molecule has 0 fully saturated rings. The lowest BCUT2D eigenvalue weighted by molar-refractivity contribution is -0.137. The third kappa shape index (κ3) is 7.08. The maximum Gasteiger partial charge on any atom is 0.319 e. The maximum absolute atomic E-state index is 11.8. The zero-order valence-corrected chi connectivity index (χ0v) is 11.1. The van der Waals surface area contributed by atoms with Crippen molar-refractivity contribution in [1.29, 1.82) is 0 Å². The summed E-state index contributed by atoms with van der Waals surface area (Å²) in [7, 11) is 4.65. The first-order valence-electron chi connectivity index (χ1n) is 5.73. The second kappa shape index (κ2) is 8.71. The predicted octanol–water partition coefficient (Wildman–Crippen LogP) is -0.158. The number of aliphatic hydroxyl groups excluding tert-OH is 1. The quantitative estimate of drug-likeness (QED) is 0.634. The van der Waals surface area contributed by atoms with Gasteiger partial charge in [-0.1, -0.05) is 0 Å². The zero-order valence-electron chi connectivity index (χ0n) is 11.1. The van der Waals surface area contributed by atoms with Crippen molar-refractivity contribution in [2.45, 2.75) is 18.9 Å². The lowest BCUT2D eigenvalue weighted by atomic mass is 10.3. The molecule has 2 N–H and O–H groups in total. The predicted molar refractivity (Wildman–Crippen MR) is 65.4 cm³/mol. The van der Waals surface area contributed by atoms with Crippen LogP contribution in [0, 0.1) is 0 Å². The van der Waals surface area contributed by atoms with Crippen LogP contribution in [0.4, 0.5) is 4.79 Å². The second-order valence-corrected chi connectivity index (χ2v) is 4.19. The summed E-state index contributed by atoms with van der Waals surface area (Å²) in [6, 6.07) is -0.254. The van der Waals surface area contributed by atoms with Crippen LogP contribution < -0.4 is 0 Å². The molecule has 1 unspecified atom stereocenters. The third-order valence-electron chi connectivity index (χ3n) is 2.38. The molecule has 0 aliphatic rings. The van der Waals surface area contributed by atoms with E-state index in [0.29, 0.717) is 13.0 Å². The van der Waals surface area contributed by atoms with Gasteiger partial charge in [-0.05, 0) is 6.42 Å². The first-order valence-corrected chi connectivity index (χ1v) is 5.73. The highest BCUT2D eigenvalue weighted by Crippen LogP contribution is 1.99. The van der Waals surface area contributed by atoms with Crippen LogP contribution in [0.2, 0.25) is 0 Å². The molecular weight excluding hydrogens is 240 g/mol. The number of carbonyl (C=O) groups is 2. The molecule has 7 nitrogen and oxygen atoms in total. The van der Waals surface area contributed by atoms with E-state index < -0.39 is 12.1 Å². The number of aliphatic carboxylic acids is 1. The van der Waals surface area contributed by atoms with E-state index in [0.717, 1.165) is 0 Å². The number of methoxy groups -OCH3 is 1. The van der Waals surface area contributed by atoms with Gasteiger partial charge >= 0.3 is 12.0 Å². The van der Waals surface area contributed by atoms with Crippen LogP contribution >= 0.6 is 0 Å². The number of hydrogen-bond acceptors (Lipinski definition) is 4. The van der Waals surface area contributed by atoms with E-state index in [9.17, 15) is 14.7 Å². The summed E-state index contributed by atoms with van der Waals surface area (Å²) < 4.78 is 4.77. The number of carboxylic acid groups (broad SMARTS) is 1. The maximum atomic E-state index is 11.8. The Labute approximate surface area is 107 Å². The van der Waals surface area contributed by atoms with Crippen LogP contribution in [-0.4, -0.2) is 79.0 Å². The van der Waals surface area contributed by atoms with Crippen LogP contribution in [0.1, 0.15) is 12.8 Å². The van der Waals surface area contributed by atoms with E-state index in [1.165, 1.54) is 16.9 Å². The number of carbonyl (C=O) groups excluding carboxylic acids is 1.